The first-order valence-corrected chi connectivity index (χ1v) is 6.97. The number of hydrogen-bond donors (Lipinski definition) is 3. The zero-order chi connectivity index (χ0) is 12.1. The predicted molar refractivity (Wildman–Crippen MR) is 71.7 cm³/mol. The number of methoxy groups -OCH3 is 1. The summed E-state index contributed by atoms with van der Waals surface area (Å²) < 4.78 is 4.94. The lowest BCUT2D eigenvalue weighted by Crippen LogP contribution is -2.42. The molecule has 0 aliphatic rings. The molecule has 0 radical (unpaired) electrons. The van der Waals surface area contributed by atoms with Gasteiger partial charge in [-0.3, -0.25) is 10.4 Å². The summed E-state index contributed by atoms with van der Waals surface area (Å²) in [4.78, 5) is 4.28. The highest BCUT2D eigenvalue weighted by molar-refractivity contribution is 7.98. The lowest BCUT2D eigenvalue weighted by molar-refractivity contribution is 0.197. The minimum absolute atomic E-state index is 0.667. The normalized spacial score (nSPS) is 11.6. The van der Waals surface area contributed by atoms with Crippen LogP contribution in [0.4, 0.5) is 0 Å². The van der Waals surface area contributed by atoms with Crippen molar-refractivity contribution in [3.63, 3.8) is 0 Å². The Morgan fingerprint density at radius 1 is 1.38 bits per heavy atom. The first-order chi connectivity index (χ1) is 7.85. The zero-order valence-corrected chi connectivity index (χ0v) is 11.1. The van der Waals surface area contributed by atoms with Crippen LogP contribution in [0.1, 0.15) is 19.3 Å². The van der Waals surface area contributed by atoms with Gasteiger partial charge in [-0.05, 0) is 31.3 Å². The van der Waals surface area contributed by atoms with Gasteiger partial charge in [0, 0.05) is 26.8 Å². The van der Waals surface area contributed by atoms with E-state index in [0.717, 1.165) is 32.5 Å². The number of hydrogen-bond acceptors (Lipinski definition) is 4. The van der Waals surface area contributed by atoms with Gasteiger partial charge in [-0.2, -0.15) is 11.8 Å². The quantitative estimate of drug-likeness (QED) is 0.183. The third-order valence-electron chi connectivity index (χ3n) is 1.98. The number of thioether (sulfide) groups is 1. The summed E-state index contributed by atoms with van der Waals surface area (Å²) >= 11 is 1.87. The van der Waals surface area contributed by atoms with Crippen LogP contribution in [0.3, 0.4) is 0 Å². The number of nitrogens with zero attached hydrogens (tertiary/aromatic N) is 1. The third kappa shape index (κ3) is 10.1. The SMILES string of the molecule is COCCCN=C(NN)NCCCCSC. The van der Waals surface area contributed by atoms with E-state index < -0.39 is 0 Å². The summed E-state index contributed by atoms with van der Waals surface area (Å²) in [6, 6.07) is 0. The Balaban J connectivity index is 3.49. The number of hydrazine groups is 1. The molecule has 0 spiro atoms. The van der Waals surface area contributed by atoms with Crippen molar-refractivity contribution in [3.05, 3.63) is 0 Å². The largest absolute Gasteiger partial charge is 0.385 e. The molecule has 0 rings (SSSR count). The average Bonchev–Trinajstić information content (AvgIpc) is 2.31. The van der Waals surface area contributed by atoms with E-state index in [9.17, 15) is 0 Å². The number of rotatable bonds is 9. The topological polar surface area (TPSA) is 71.7 Å². The van der Waals surface area contributed by atoms with E-state index >= 15 is 0 Å². The molecule has 0 unspecified atom stereocenters. The molecule has 0 aliphatic carbocycles. The molecule has 5 nitrogen and oxygen atoms in total. The molecule has 0 aliphatic heterocycles. The van der Waals surface area contributed by atoms with E-state index in [4.69, 9.17) is 10.6 Å². The van der Waals surface area contributed by atoms with Crippen molar-refractivity contribution in [2.24, 2.45) is 10.8 Å². The minimum Gasteiger partial charge on any atom is -0.385 e. The maximum Gasteiger partial charge on any atom is 0.205 e. The highest BCUT2D eigenvalue weighted by atomic mass is 32.2. The van der Waals surface area contributed by atoms with Crippen molar-refractivity contribution in [3.8, 4) is 0 Å². The second-order valence-electron chi connectivity index (χ2n) is 3.35. The first kappa shape index (κ1) is 15.5. The molecule has 0 saturated heterocycles. The molecule has 96 valence electrons. The van der Waals surface area contributed by atoms with Gasteiger partial charge in [0.05, 0.1) is 0 Å². The minimum atomic E-state index is 0.667. The number of ether oxygens (including phenoxy) is 1. The predicted octanol–water partition coefficient (Wildman–Crippen LogP) is 0.575. The van der Waals surface area contributed by atoms with Gasteiger partial charge in [-0.15, -0.1) is 0 Å². The monoisotopic (exact) mass is 248 g/mol. The van der Waals surface area contributed by atoms with Crippen LogP contribution in [0.25, 0.3) is 0 Å². The van der Waals surface area contributed by atoms with Crippen LogP contribution in [0.15, 0.2) is 4.99 Å². The van der Waals surface area contributed by atoms with Crippen molar-refractivity contribution in [1.82, 2.24) is 10.7 Å². The van der Waals surface area contributed by atoms with E-state index in [1.54, 1.807) is 7.11 Å². The van der Waals surface area contributed by atoms with E-state index in [1.807, 2.05) is 11.8 Å². The van der Waals surface area contributed by atoms with Crippen LogP contribution < -0.4 is 16.6 Å². The lowest BCUT2D eigenvalue weighted by atomic mass is 10.3. The van der Waals surface area contributed by atoms with Gasteiger partial charge in [-0.25, -0.2) is 5.84 Å². The van der Waals surface area contributed by atoms with Gasteiger partial charge in [0.25, 0.3) is 0 Å². The van der Waals surface area contributed by atoms with Crippen molar-refractivity contribution >= 4 is 17.7 Å². The van der Waals surface area contributed by atoms with Gasteiger partial charge in [0.1, 0.15) is 0 Å². The zero-order valence-electron chi connectivity index (χ0n) is 10.3. The lowest BCUT2D eigenvalue weighted by Gasteiger charge is -2.08. The fraction of sp³-hybridized carbons (Fsp3) is 0.900. The fourth-order valence-electron chi connectivity index (χ4n) is 1.13. The van der Waals surface area contributed by atoms with Gasteiger partial charge >= 0.3 is 0 Å². The van der Waals surface area contributed by atoms with Gasteiger partial charge in [0.2, 0.25) is 5.96 Å². The smallest absolute Gasteiger partial charge is 0.205 e. The van der Waals surface area contributed by atoms with E-state index in [2.05, 4.69) is 22.0 Å². The van der Waals surface area contributed by atoms with Crippen LogP contribution in [-0.2, 0) is 4.74 Å². The Kier molecular flexibility index (Phi) is 12.2. The molecule has 0 aromatic carbocycles. The molecule has 16 heavy (non-hydrogen) atoms. The molecule has 0 amide bonds. The van der Waals surface area contributed by atoms with E-state index in [-0.39, 0.29) is 0 Å². The summed E-state index contributed by atoms with van der Waals surface area (Å²) in [6.45, 7) is 2.37. The number of aliphatic imine (C=N–C) groups is 1. The van der Waals surface area contributed by atoms with Crippen molar-refractivity contribution in [1.29, 1.82) is 0 Å². The molecule has 0 aromatic rings. The highest BCUT2D eigenvalue weighted by Gasteiger charge is 1.94. The molecule has 0 saturated carbocycles. The van der Waals surface area contributed by atoms with Crippen molar-refractivity contribution < 1.29 is 4.74 Å². The Labute approximate surface area is 103 Å². The number of guanidine groups is 1. The summed E-state index contributed by atoms with van der Waals surface area (Å²) in [5.74, 6) is 7.22. The Hall–Kier alpha value is -0.460. The number of nitrogens with one attached hydrogen (secondary N) is 2. The van der Waals surface area contributed by atoms with E-state index in [1.165, 1.54) is 12.2 Å². The van der Waals surface area contributed by atoms with Gasteiger partial charge in [0.15, 0.2) is 0 Å². The number of nitrogens with two attached hydrogens (primary N) is 1. The van der Waals surface area contributed by atoms with Crippen LogP contribution in [-0.4, -0.2) is 44.8 Å². The van der Waals surface area contributed by atoms with Gasteiger partial charge in [-0.1, -0.05) is 0 Å². The van der Waals surface area contributed by atoms with Crippen LogP contribution in [0, 0.1) is 0 Å². The Morgan fingerprint density at radius 3 is 2.81 bits per heavy atom. The molecule has 6 heteroatoms. The van der Waals surface area contributed by atoms with Crippen molar-refractivity contribution in [2.75, 3.05) is 38.8 Å². The fourth-order valence-corrected chi connectivity index (χ4v) is 1.62. The molecule has 0 atom stereocenters. The second-order valence-corrected chi connectivity index (χ2v) is 4.33. The molecular weight excluding hydrogens is 224 g/mol. The van der Waals surface area contributed by atoms with Crippen LogP contribution in [0.2, 0.25) is 0 Å². The molecule has 0 fully saturated rings. The third-order valence-corrected chi connectivity index (χ3v) is 2.68. The standard InChI is InChI=1S/C10H24N4OS/c1-15-8-5-7-13-10(14-11)12-6-3-4-9-16-2/h3-9,11H2,1-2H3,(H2,12,13,14). The molecule has 0 bridgehead atoms. The highest BCUT2D eigenvalue weighted by Crippen LogP contribution is 1.97. The summed E-state index contributed by atoms with van der Waals surface area (Å²) in [5, 5.41) is 3.17. The summed E-state index contributed by atoms with van der Waals surface area (Å²) in [6.07, 6.45) is 5.39. The van der Waals surface area contributed by atoms with Crippen LogP contribution >= 0.6 is 11.8 Å². The second kappa shape index (κ2) is 12.6. The summed E-state index contributed by atoms with van der Waals surface area (Å²) in [5.41, 5.74) is 2.56. The molecule has 4 N–H and O–H groups in total. The Morgan fingerprint density at radius 2 is 2.19 bits per heavy atom. The first-order valence-electron chi connectivity index (χ1n) is 5.58. The molecule has 0 aromatic heterocycles. The van der Waals surface area contributed by atoms with E-state index in [0.29, 0.717) is 5.96 Å². The molecule has 0 heterocycles. The maximum atomic E-state index is 5.35. The average molecular weight is 248 g/mol. The van der Waals surface area contributed by atoms with Gasteiger partial charge < -0.3 is 10.1 Å². The van der Waals surface area contributed by atoms with Crippen molar-refractivity contribution in [2.45, 2.75) is 19.3 Å². The Bertz CT molecular complexity index is 178. The summed E-state index contributed by atoms with van der Waals surface area (Å²) in [7, 11) is 1.69. The number of unbranched alkanes of at least 4 members (excludes halogenated alkanes) is 1. The maximum absolute atomic E-state index is 5.35. The van der Waals surface area contributed by atoms with Crippen LogP contribution in [0.5, 0.6) is 0 Å². The molecular formula is C10H24N4OS.